The van der Waals surface area contributed by atoms with Gasteiger partial charge >= 0.3 is 0 Å². The lowest BCUT2D eigenvalue weighted by Crippen LogP contribution is -2.08. The van der Waals surface area contributed by atoms with Gasteiger partial charge in [0, 0.05) is 0 Å². The fourth-order valence-corrected chi connectivity index (χ4v) is 2.14. The van der Waals surface area contributed by atoms with E-state index in [1.54, 1.807) is 13.0 Å². The molecule has 1 unspecified atom stereocenters. The number of benzene rings is 1. The predicted molar refractivity (Wildman–Crippen MR) is 76.2 cm³/mol. The quantitative estimate of drug-likeness (QED) is 0.652. The van der Waals surface area contributed by atoms with Gasteiger partial charge in [-0.3, -0.25) is 10.1 Å². The lowest BCUT2D eigenvalue weighted by molar-refractivity contribution is -0.384. The van der Waals surface area contributed by atoms with Gasteiger partial charge in [0.15, 0.2) is 0 Å². The van der Waals surface area contributed by atoms with Crippen molar-refractivity contribution in [3.8, 4) is 0 Å². The second-order valence-electron chi connectivity index (χ2n) is 4.36. The summed E-state index contributed by atoms with van der Waals surface area (Å²) in [7, 11) is 0. The van der Waals surface area contributed by atoms with Crippen molar-refractivity contribution in [1.29, 1.82) is 0 Å². The molecule has 0 fully saturated rings. The molecule has 1 N–H and O–H groups in total. The van der Waals surface area contributed by atoms with Gasteiger partial charge in [0.25, 0.3) is 5.69 Å². The van der Waals surface area contributed by atoms with Crippen LogP contribution in [0.5, 0.6) is 0 Å². The minimum atomic E-state index is -0.677. The van der Waals surface area contributed by atoms with Crippen LogP contribution in [-0.2, 0) is 0 Å². The van der Waals surface area contributed by atoms with E-state index in [2.05, 4.69) is 21.2 Å². The van der Waals surface area contributed by atoms with E-state index in [4.69, 9.17) is 4.42 Å². The maximum absolute atomic E-state index is 13.4. The summed E-state index contributed by atoms with van der Waals surface area (Å²) >= 11 is 3.02. The van der Waals surface area contributed by atoms with Gasteiger partial charge in [-0.2, -0.15) is 0 Å². The Kier molecular flexibility index (Phi) is 4.08. The number of halogens is 2. The highest BCUT2D eigenvalue weighted by molar-refractivity contribution is 9.10. The molecule has 1 aromatic carbocycles. The highest BCUT2D eigenvalue weighted by atomic mass is 79.9. The van der Waals surface area contributed by atoms with E-state index in [-0.39, 0.29) is 21.9 Å². The zero-order valence-electron chi connectivity index (χ0n) is 10.8. The Morgan fingerprint density at radius 3 is 2.70 bits per heavy atom. The maximum Gasteiger partial charge on any atom is 0.295 e. The summed E-state index contributed by atoms with van der Waals surface area (Å²) < 4.78 is 19.0. The third kappa shape index (κ3) is 2.98. The number of nitro groups is 1. The molecule has 0 bridgehead atoms. The first-order valence-electron chi connectivity index (χ1n) is 5.85. The minimum absolute atomic E-state index is 0.161. The van der Waals surface area contributed by atoms with E-state index in [0.717, 1.165) is 11.8 Å². The van der Waals surface area contributed by atoms with Crippen LogP contribution in [0.25, 0.3) is 0 Å². The first-order chi connectivity index (χ1) is 9.38. The molecule has 0 aliphatic rings. The SMILES string of the molecule is Cc1ccc(C(C)Nc2cc(Br)c(F)cc2[N+](=O)[O-])o1. The van der Waals surface area contributed by atoms with Gasteiger partial charge in [0.1, 0.15) is 23.0 Å². The second-order valence-corrected chi connectivity index (χ2v) is 5.21. The van der Waals surface area contributed by atoms with Crippen LogP contribution in [0.4, 0.5) is 15.8 Å². The molecule has 106 valence electrons. The summed E-state index contributed by atoms with van der Waals surface area (Å²) in [4.78, 5) is 10.3. The first kappa shape index (κ1) is 14.5. The zero-order valence-corrected chi connectivity index (χ0v) is 12.4. The molecule has 0 aliphatic carbocycles. The topological polar surface area (TPSA) is 68.3 Å². The molecule has 0 amide bonds. The van der Waals surface area contributed by atoms with Crippen molar-refractivity contribution in [2.75, 3.05) is 5.32 Å². The fourth-order valence-electron chi connectivity index (χ4n) is 1.79. The standard InChI is InChI=1S/C13H12BrFN2O3/c1-7-3-4-13(20-7)8(2)16-11-5-9(14)10(15)6-12(11)17(18)19/h3-6,8,16H,1-2H3. The first-order valence-corrected chi connectivity index (χ1v) is 6.64. The van der Waals surface area contributed by atoms with Gasteiger partial charge in [-0.1, -0.05) is 0 Å². The number of nitrogens with zero attached hydrogens (tertiary/aromatic N) is 1. The van der Waals surface area contributed by atoms with Crippen molar-refractivity contribution in [3.05, 3.63) is 56.2 Å². The van der Waals surface area contributed by atoms with Crippen molar-refractivity contribution in [1.82, 2.24) is 0 Å². The number of anilines is 1. The lowest BCUT2D eigenvalue weighted by atomic mass is 10.2. The minimum Gasteiger partial charge on any atom is -0.464 e. The Balaban J connectivity index is 2.33. The Morgan fingerprint density at radius 1 is 1.45 bits per heavy atom. The summed E-state index contributed by atoms with van der Waals surface area (Å²) in [5.74, 6) is 0.726. The maximum atomic E-state index is 13.4. The third-order valence-electron chi connectivity index (χ3n) is 2.80. The van der Waals surface area contributed by atoms with Crippen molar-refractivity contribution in [2.45, 2.75) is 19.9 Å². The number of hydrogen-bond acceptors (Lipinski definition) is 4. The number of hydrogen-bond donors (Lipinski definition) is 1. The second kappa shape index (κ2) is 5.62. The van der Waals surface area contributed by atoms with Crippen LogP contribution in [0.2, 0.25) is 0 Å². The monoisotopic (exact) mass is 342 g/mol. The lowest BCUT2D eigenvalue weighted by Gasteiger charge is -2.13. The van der Waals surface area contributed by atoms with Crippen LogP contribution in [-0.4, -0.2) is 4.92 Å². The number of rotatable bonds is 4. The van der Waals surface area contributed by atoms with Crippen molar-refractivity contribution >= 4 is 27.3 Å². The van der Waals surface area contributed by atoms with Crippen LogP contribution in [0, 0.1) is 22.9 Å². The average molecular weight is 343 g/mol. The predicted octanol–water partition coefficient (Wildman–Crippen LogP) is 4.57. The van der Waals surface area contributed by atoms with Crippen LogP contribution in [0.3, 0.4) is 0 Å². The molecule has 1 atom stereocenters. The Morgan fingerprint density at radius 2 is 2.15 bits per heavy atom. The van der Waals surface area contributed by atoms with Gasteiger partial charge in [-0.15, -0.1) is 0 Å². The van der Waals surface area contributed by atoms with E-state index >= 15 is 0 Å². The molecule has 2 rings (SSSR count). The number of nitrogens with one attached hydrogen (secondary N) is 1. The Bertz CT molecular complexity index is 657. The smallest absolute Gasteiger partial charge is 0.295 e. The zero-order chi connectivity index (χ0) is 14.9. The van der Waals surface area contributed by atoms with Gasteiger partial charge in [-0.25, -0.2) is 4.39 Å². The number of furan rings is 1. The third-order valence-corrected chi connectivity index (χ3v) is 3.40. The normalized spacial score (nSPS) is 12.2. The molecular weight excluding hydrogens is 331 g/mol. The van der Waals surface area contributed by atoms with E-state index in [9.17, 15) is 14.5 Å². The summed E-state index contributed by atoms with van der Waals surface area (Å²) in [5, 5.41) is 13.9. The van der Waals surface area contributed by atoms with Gasteiger partial charge in [0.2, 0.25) is 0 Å². The number of aryl methyl sites for hydroxylation is 1. The van der Waals surface area contributed by atoms with E-state index in [1.165, 1.54) is 6.07 Å². The van der Waals surface area contributed by atoms with Crippen molar-refractivity contribution in [2.24, 2.45) is 0 Å². The number of nitro benzene ring substituents is 1. The largest absolute Gasteiger partial charge is 0.464 e. The van der Waals surface area contributed by atoms with Crippen molar-refractivity contribution in [3.63, 3.8) is 0 Å². The van der Waals surface area contributed by atoms with Crippen LogP contribution in [0.15, 0.2) is 33.2 Å². The molecule has 0 spiro atoms. The highest BCUT2D eigenvalue weighted by Crippen LogP contribution is 2.33. The molecule has 2 aromatic rings. The molecule has 7 heteroatoms. The molecule has 0 radical (unpaired) electrons. The Hall–Kier alpha value is -1.89. The molecule has 1 heterocycles. The summed E-state index contributed by atoms with van der Waals surface area (Å²) in [5.41, 5.74) is -0.0920. The van der Waals surface area contributed by atoms with E-state index in [1.807, 2.05) is 13.0 Å². The molecule has 20 heavy (non-hydrogen) atoms. The highest BCUT2D eigenvalue weighted by Gasteiger charge is 2.20. The van der Waals surface area contributed by atoms with E-state index in [0.29, 0.717) is 5.76 Å². The molecule has 0 saturated heterocycles. The molecule has 0 aliphatic heterocycles. The summed E-state index contributed by atoms with van der Waals surface area (Å²) in [6.45, 7) is 3.62. The van der Waals surface area contributed by atoms with Gasteiger partial charge < -0.3 is 9.73 Å². The van der Waals surface area contributed by atoms with Crippen LogP contribution >= 0.6 is 15.9 Å². The van der Waals surface area contributed by atoms with Gasteiger partial charge in [-0.05, 0) is 48.0 Å². The summed E-state index contributed by atoms with van der Waals surface area (Å²) in [6, 6.07) is 5.55. The molecule has 1 aromatic heterocycles. The van der Waals surface area contributed by atoms with Gasteiger partial charge in [0.05, 0.1) is 21.5 Å². The van der Waals surface area contributed by atoms with Crippen LogP contribution < -0.4 is 5.32 Å². The summed E-state index contributed by atoms with van der Waals surface area (Å²) in [6.07, 6.45) is 0. The average Bonchev–Trinajstić information content (AvgIpc) is 2.80. The fraction of sp³-hybridized carbons (Fsp3) is 0.231. The van der Waals surface area contributed by atoms with Crippen molar-refractivity contribution < 1.29 is 13.7 Å². The van der Waals surface area contributed by atoms with E-state index < -0.39 is 10.7 Å². The Labute approximate surface area is 123 Å². The molecular formula is C13H12BrFN2O3. The van der Waals surface area contributed by atoms with Crippen LogP contribution in [0.1, 0.15) is 24.5 Å². The molecule has 0 saturated carbocycles. The molecule has 5 nitrogen and oxygen atoms in total.